The van der Waals surface area contributed by atoms with Crippen LogP contribution in [0.15, 0.2) is 30.3 Å². The highest BCUT2D eigenvalue weighted by atomic mass is 28.4. The van der Waals surface area contributed by atoms with Gasteiger partial charge in [-0.25, -0.2) is 0 Å². The molecule has 0 heterocycles. The number of rotatable bonds is 8. The van der Waals surface area contributed by atoms with Crippen molar-refractivity contribution in [2.45, 2.75) is 39.7 Å². The van der Waals surface area contributed by atoms with E-state index in [1.165, 1.54) is 5.19 Å². The van der Waals surface area contributed by atoms with Crippen molar-refractivity contribution >= 4 is 13.7 Å². The predicted octanol–water partition coefficient (Wildman–Crippen LogP) is 3.21. The van der Waals surface area contributed by atoms with Crippen molar-refractivity contribution in [3.05, 3.63) is 30.3 Å². The molecule has 1 unspecified atom stereocenters. The average Bonchev–Trinajstić information content (AvgIpc) is 2.39. The second kappa shape index (κ2) is 7.64. The first-order chi connectivity index (χ1) is 8.29. The van der Waals surface area contributed by atoms with Crippen LogP contribution in [0, 0.1) is 0 Å². The normalized spacial score (nSPS) is 14.5. The number of benzene rings is 1. The Morgan fingerprint density at radius 3 is 2.24 bits per heavy atom. The molecule has 1 aromatic rings. The standard InChI is InChI=1S/C14H24O2Si/c1-4-7-13-16-17(6-3,15-5-2)14-11-9-8-10-12-14/h8-12H,4-7,13H2,1-3H3. The molecule has 1 atom stereocenters. The molecule has 0 bridgehead atoms. The topological polar surface area (TPSA) is 18.5 Å². The number of unbranched alkanes of at least 4 members (excludes halogenated alkanes) is 1. The SMILES string of the molecule is CCCCO[Si](CC)(OCC)c1ccccc1. The maximum atomic E-state index is 6.16. The van der Waals surface area contributed by atoms with Crippen molar-refractivity contribution in [1.82, 2.24) is 0 Å². The van der Waals surface area contributed by atoms with Crippen molar-refractivity contribution in [2.75, 3.05) is 13.2 Å². The fourth-order valence-corrected chi connectivity index (χ4v) is 4.80. The Labute approximate surface area is 106 Å². The van der Waals surface area contributed by atoms with E-state index in [4.69, 9.17) is 8.85 Å². The molecule has 0 fully saturated rings. The summed E-state index contributed by atoms with van der Waals surface area (Å²) in [7, 11) is -2.18. The van der Waals surface area contributed by atoms with Gasteiger partial charge in [0.05, 0.1) is 0 Å². The minimum Gasteiger partial charge on any atom is -0.391 e. The van der Waals surface area contributed by atoms with Crippen molar-refractivity contribution in [3.8, 4) is 0 Å². The van der Waals surface area contributed by atoms with Gasteiger partial charge in [0.2, 0.25) is 0 Å². The van der Waals surface area contributed by atoms with Gasteiger partial charge < -0.3 is 8.85 Å². The Morgan fingerprint density at radius 1 is 1.00 bits per heavy atom. The fourth-order valence-electron chi connectivity index (χ4n) is 1.92. The van der Waals surface area contributed by atoms with E-state index in [-0.39, 0.29) is 0 Å². The summed E-state index contributed by atoms with van der Waals surface area (Å²) in [4.78, 5) is 0. The Bertz CT molecular complexity index is 302. The average molecular weight is 252 g/mol. The Balaban J connectivity index is 2.83. The minimum absolute atomic E-state index is 0.723. The molecule has 0 amide bonds. The van der Waals surface area contributed by atoms with Crippen LogP contribution in [0.1, 0.15) is 33.6 Å². The zero-order valence-electron chi connectivity index (χ0n) is 11.2. The highest BCUT2D eigenvalue weighted by Crippen LogP contribution is 2.14. The Hall–Kier alpha value is -0.643. The van der Waals surface area contributed by atoms with Crippen molar-refractivity contribution in [2.24, 2.45) is 0 Å². The molecule has 0 radical (unpaired) electrons. The van der Waals surface area contributed by atoms with E-state index in [0.29, 0.717) is 0 Å². The van der Waals surface area contributed by atoms with Crippen LogP contribution in [0.3, 0.4) is 0 Å². The van der Waals surface area contributed by atoms with Gasteiger partial charge in [0.25, 0.3) is 0 Å². The van der Waals surface area contributed by atoms with Crippen LogP contribution in [0.4, 0.5) is 0 Å². The molecule has 0 saturated carbocycles. The van der Waals surface area contributed by atoms with E-state index < -0.39 is 8.56 Å². The minimum atomic E-state index is -2.18. The summed E-state index contributed by atoms with van der Waals surface area (Å²) in [6.07, 6.45) is 2.27. The molecule has 0 spiro atoms. The van der Waals surface area contributed by atoms with Gasteiger partial charge in [0.1, 0.15) is 0 Å². The quantitative estimate of drug-likeness (QED) is 0.522. The summed E-state index contributed by atoms with van der Waals surface area (Å²) in [6, 6.07) is 11.4. The van der Waals surface area contributed by atoms with Gasteiger partial charge in [-0.15, -0.1) is 0 Å². The summed E-state index contributed by atoms with van der Waals surface area (Å²) in [5.41, 5.74) is 0. The number of hydrogen-bond donors (Lipinski definition) is 0. The molecule has 0 aromatic heterocycles. The van der Waals surface area contributed by atoms with Gasteiger partial charge in [-0.05, 0) is 24.6 Å². The summed E-state index contributed by atoms with van der Waals surface area (Å²) < 4.78 is 12.2. The van der Waals surface area contributed by atoms with Gasteiger partial charge in [0, 0.05) is 13.2 Å². The molecule has 0 aliphatic carbocycles. The molecule has 1 rings (SSSR count). The zero-order valence-corrected chi connectivity index (χ0v) is 12.2. The van der Waals surface area contributed by atoms with Crippen LogP contribution in [0.5, 0.6) is 0 Å². The van der Waals surface area contributed by atoms with Crippen molar-refractivity contribution in [1.29, 1.82) is 0 Å². The highest BCUT2D eigenvalue weighted by molar-refractivity contribution is 6.81. The van der Waals surface area contributed by atoms with Crippen molar-refractivity contribution < 1.29 is 8.85 Å². The number of hydrogen-bond acceptors (Lipinski definition) is 2. The molecular weight excluding hydrogens is 228 g/mol. The first-order valence-corrected chi connectivity index (χ1v) is 8.64. The van der Waals surface area contributed by atoms with Crippen LogP contribution in [-0.2, 0) is 8.85 Å². The van der Waals surface area contributed by atoms with E-state index in [1.807, 2.05) is 13.0 Å². The fraction of sp³-hybridized carbons (Fsp3) is 0.571. The molecule has 0 aliphatic heterocycles. The van der Waals surface area contributed by atoms with E-state index in [0.717, 1.165) is 32.1 Å². The summed E-state index contributed by atoms with van der Waals surface area (Å²) in [5, 5.41) is 1.25. The predicted molar refractivity (Wildman–Crippen MR) is 74.8 cm³/mol. The van der Waals surface area contributed by atoms with Crippen molar-refractivity contribution in [3.63, 3.8) is 0 Å². The maximum Gasteiger partial charge on any atom is 0.372 e. The van der Waals surface area contributed by atoms with E-state index >= 15 is 0 Å². The molecule has 17 heavy (non-hydrogen) atoms. The lowest BCUT2D eigenvalue weighted by Crippen LogP contribution is -2.53. The van der Waals surface area contributed by atoms with Gasteiger partial charge in [-0.1, -0.05) is 50.6 Å². The lowest BCUT2D eigenvalue weighted by atomic mass is 10.4. The van der Waals surface area contributed by atoms with Crippen LogP contribution >= 0.6 is 0 Å². The van der Waals surface area contributed by atoms with Gasteiger partial charge in [-0.3, -0.25) is 0 Å². The van der Waals surface area contributed by atoms with E-state index in [2.05, 4.69) is 38.1 Å². The first-order valence-electron chi connectivity index (χ1n) is 6.62. The lowest BCUT2D eigenvalue weighted by molar-refractivity contribution is 0.186. The molecule has 0 aliphatic rings. The van der Waals surface area contributed by atoms with Crippen LogP contribution < -0.4 is 5.19 Å². The van der Waals surface area contributed by atoms with E-state index in [9.17, 15) is 0 Å². The monoisotopic (exact) mass is 252 g/mol. The third-order valence-electron chi connectivity index (χ3n) is 2.89. The second-order valence-electron chi connectivity index (χ2n) is 4.11. The summed E-state index contributed by atoms with van der Waals surface area (Å²) in [5.74, 6) is 0. The van der Waals surface area contributed by atoms with Crippen LogP contribution in [-0.4, -0.2) is 21.8 Å². The molecule has 0 N–H and O–H groups in total. The summed E-state index contributed by atoms with van der Waals surface area (Å²) in [6.45, 7) is 7.93. The third-order valence-corrected chi connectivity index (χ3v) is 6.46. The van der Waals surface area contributed by atoms with Gasteiger partial charge in [0.15, 0.2) is 0 Å². The lowest BCUT2D eigenvalue weighted by Gasteiger charge is -2.29. The van der Waals surface area contributed by atoms with Gasteiger partial charge >= 0.3 is 8.56 Å². The molecule has 1 aromatic carbocycles. The molecule has 96 valence electrons. The van der Waals surface area contributed by atoms with E-state index in [1.54, 1.807) is 0 Å². The molecule has 3 heteroatoms. The molecular formula is C14H24O2Si. The summed E-state index contributed by atoms with van der Waals surface area (Å²) >= 11 is 0. The highest BCUT2D eigenvalue weighted by Gasteiger charge is 2.37. The largest absolute Gasteiger partial charge is 0.391 e. The smallest absolute Gasteiger partial charge is 0.372 e. The first kappa shape index (κ1) is 14.4. The third kappa shape index (κ3) is 3.94. The Morgan fingerprint density at radius 2 is 1.71 bits per heavy atom. The zero-order chi connectivity index (χ0) is 12.6. The molecule has 2 nitrogen and oxygen atoms in total. The van der Waals surface area contributed by atoms with Crippen LogP contribution in [0.25, 0.3) is 0 Å². The van der Waals surface area contributed by atoms with Crippen LogP contribution in [0.2, 0.25) is 6.04 Å². The Kier molecular flexibility index (Phi) is 6.48. The molecule has 0 saturated heterocycles. The maximum absolute atomic E-state index is 6.16. The second-order valence-corrected chi connectivity index (χ2v) is 7.48. The van der Waals surface area contributed by atoms with Gasteiger partial charge in [-0.2, -0.15) is 0 Å².